The monoisotopic (exact) mass is 338 g/mol. The number of hydrogen-bond donors (Lipinski definition) is 0. The molecule has 0 saturated carbocycles. The van der Waals surface area contributed by atoms with Gasteiger partial charge in [0.1, 0.15) is 5.82 Å². The Balaban J connectivity index is 1.87. The molecule has 0 aliphatic carbocycles. The summed E-state index contributed by atoms with van der Waals surface area (Å²) in [6, 6.07) is 2.10. The maximum atomic E-state index is 12.6. The summed E-state index contributed by atoms with van der Waals surface area (Å²) in [5.41, 5.74) is 2.74. The quantitative estimate of drug-likeness (QED) is 0.798. The lowest BCUT2D eigenvalue weighted by Crippen LogP contribution is -2.15. The van der Waals surface area contributed by atoms with E-state index >= 15 is 0 Å². The van der Waals surface area contributed by atoms with E-state index in [1.165, 1.54) is 6.08 Å². The van der Waals surface area contributed by atoms with Gasteiger partial charge >= 0.3 is 0 Å². The van der Waals surface area contributed by atoms with Crippen molar-refractivity contribution >= 4 is 11.9 Å². The van der Waals surface area contributed by atoms with Crippen molar-refractivity contribution in [2.75, 3.05) is 0 Å². The van der Waals surface area contributed by atoms with Gasteiger partial charge in [-0.1, -0.05) is 6.42 Å². The minimum absolute atomic E-state index is 0.274. The van der Waals surface area contributed by atoms with Crippen molar-refractivity contribution in [2.45, 2.75) is 52.0 Å². The predicted octanol–water partition coefficient (Wildman–Crippen LogP) is 2.24. The van der Waals surface area contributed by atoms with Crippen LogP contribution in [0.4, 0.5) is 0 Å². The lowest BCUT2D eigenvalue weighted by molar-refractivity contribution is -0.115. The van der Waals surface area contributed by atoms with Crippen LogP contribution in [0.3, 0.4) is 0 Å². The van der Waals surface area contributed by atoms with Gasteiger partial charge in [-0.05, 0) is 38.8 Å². The maximum Gasteiger partial charge on any atom is 0.180 e. The summed E-state index contributed by atoms with van der Waals surface area (Å²) in [6.07, 6.45) is 7.28. The minimum Gasteiger partial charge on any atom is -0.313 e. The van der Waals surface area contributed by atoms with Gasteiger partial charge in [-0.2, -0.15) is 10.4 Å². The van der Waals surface area contributed by atoms with Crippen LogP contribution < -0.4 is 0 Å². The van der Waals surface area contributed by atoms with Crippen molar-refractivity contribution in [3.05, 3.63) is 34.7 Å². The second-order valence-electron chi connectivity index (χ2n) is 6.44. The molecule has 3 rings (SSSR count). The van der Waals surface area contributed by atoms with E-state index in [1.54, 1.807) is 10.8 Å². The Labute approximate surface area is 147 Å². The van der Waals surface area contributed by atoms with Crippen molar-refractivity contribution in [3.8, 4) is 6.07 Å². The summed E-state index contributed by atoms with van der Waals surface area (Å²) in [4.78, 5) is 12.6. The molecule has 7 heteroatoms. The van der Waals surface area contributed by atoms with Gasteiger partial charge in [0, 0.05) is 31.3 Å². The van der Waals surface area contributed by atoms with Gasteiger partial charge in [-0.15, -0.1) is 10.2 Å². The van der Waals surface area contributed by atoms with Crippen molar-refractivity contribution in [2.24, 2.45) is 7.05 Å². The van der Waals surface area contributed by atoms with Crippen molar-refractivity contribution in [1.82, 2.24) is 24.5 Å². The third kappa shape index (κ3) is 3.25. The van der Waals surface area contributed by atoms with Crippen LogP contribution >= 0.6 is 0 Å². The SMILES string of the molecule is Cc1nn(C)c(C)c1/C=C\C(=O)[C@H](C#N)c1nnc2n1CCCCC2. The zero-order valence-corrected chi connectivity index (χ0v) is 14.9. The standard InChI is InChI=1S/C18H22N6O/c1-12-14(13(2)23(3)22-12)8-9-16(25)15(11-19)18-21-20-17-7-5-4-6-10-24(17)18/h8-9,15H,4-7,10H2,1-3H3/b9-8-/t15-/m0/s1. The number of nitriles is 1. The highest BCUT2D eigenvalue weighted by molar-refractivity contribution is 6.00. The average molecular weight is 338 g/mol. The van der Waals surface area contributed by atoms with E-state index in [0.29, 0.717) is 5.82 Å². The molecule has 0 saturated heterocycles. The van der Waals surface area contributed by atoms with E-state index in [2.05, 4.69) is 21.4 Å². The minimum atomic E-state index is -0.923. The summed E-state index contributed by atoms with van der Waals surface area (Å²) in [5, 5.41) is 22.2. The van der Waals surface area contributed by atoms with E-state index in [-0.39, 0.29) is 5.78 Å². The molecule has 0 amide bonds. The lowest BCUT2D eigenvalue weighted by atomic mass is 10.0. The molecule has 2 aromatic rings. The van der Waals surface area contributed by atoms with Crippen LogP contribution in [0.1, 0.15) is 53.8 Å². The fourth-order valence-corrected chi connectivity index (χ4v) is 3.26. The molecule has 3 heterocycles. The molecule has 0 aromatic carbocycles. The van der Waals surface area contributed by atoms with Crippen LogP contribution in [0.15, 0.2) is 6.08 Å². The van der Waals surface area contributed by atoms with Gasteiger partial charge in [0.2, 0.25) is 0 Å². The molecule has 130 valence electrons. The molecule has 0 N–H and O–H groups in total. The van der Waals surface area contributed by atoms with E-state index in [0.717, 1.165) is 55.0 Å². The largest absolute Gasteiger partial charge is 0.313 e. The number of allylic oxidation sites excluding steroid dienone is 1. The van der Waals surface area contributed by atoms with Gasteiger partial charge in [0.15, 0.2) is 17.5 Å². The molecule has 25 heavy (non-hydrogen) atoms. The highest BCUT2D eigenvalue weighted by Gasteiger charge is 2.26. The molecular formula is C18H22N6O. The molecule has 0 radical (unpaired) electrons. The number of fused-ring (bicyclic) bond motifs is 1. The lowest BCUT2D eigenvalue weighted by Gasteiger charge is -2.09. The van der Waals surface area contributed by atoms with Crippen LogP contribution in [0.25, 0.3) is 6.08 Å². The van der Waals surface area contributed by atoms with Gasteiger partial charge in [0.25, 0.3) is 0 Å². The summed E-state index contributed by atoms with van der Waals surface area (Å²) in [5.74, 6) is 0.148. The third-order valence-electron chi connectivity index (χ3n) is 4.79. The fraction of sp³-hybridized carbons (Fsp3) is 0.500. The summed E-state index contributed by atoms with van der Waals surface area (Å²) < 4.78 is 3.73. The first-order chi connectivity index (χ1) is 12.0. The number of ketones is 1. The smallest absolute Gasteiger partial charge is 0.180 e. The molecule has 0 fully saturated rings. The molecule has 0 unspecified atom stereocenters. The molecule has 2 aromatic heterocycles. The van der Waals surface area contributed by atoms with E-state index in [9.17, 15) is 10.1 Å². The first kappa shape index (κ1) is 17.1. The summed E-state index contributed by atoms with van der Waals surface area (Å²) in [6.45, 7) is 4.62. The summed E-state index contributed by atoms with van der Waals surface area (Å²) >= 11 is 0. The number of carbonyl (C=O) groups is 1. The van der Waals surface area contributed by atoms with Crippen LogP contribution in [0, 0.1) is 25.2 Å². The molecule has 1 atom stereocenters. The number of carbonyl (C=O) groups excluding carboxylic acids is 1. The number of nitrogens with zero attached hydrogens (tertiary/aromatic N) is 6. The van der Waals surface area contributed by atoms with Gasteiger partial charge in [-0.25, -0.2) is 0 Å². The van der Waals surface area contributed by atoms with Crippen LogP contribution in [-0.2, 0) is 24.8 Å². The zero-order valence-electron chi connectivity index (χ0n) is 14.9. The molecular weight excluding hydrogens is 316 g/mol. The average Bonchev–Trinajstić information content (AvgIpc) is 2.97. The maximum absolute atomic E-state index is 12.6. The van der Waals surface area contributed by atoms with Crippen molar-refractivity contribution < 1.29 is 4.79 Å². The highest BCUT2D eigenvalue weighted by atomic mass is 16.1. The highest BCUT2D eigenvalue weighted by Crippen LogP contribution is 2.22. The Morgan fingerprint density at radius 3 is 2.76 bits per heavy atom. The van der Waals surface area contributed by atoms with Crippen molar-refractivity contribution in [1.29, 1.82) is 5.26 Å². The topological polar surface area (TPSA) is 89.4 Å². The predicted molar refractivity (Wildman–Crippen MR) is 92.7 cm³/mol. The summed E-state index contributed by atoms with van der Waals surface area (Å²) in [7, 11) is 1.87. The zero-order chi connectivity index (χ0) is 18.0. The van der Waals surface area contributed by atoms with Gasteiger partial charge < -0.3 is 4.57 Å². The second-order valence-corrected chi connectivity index (χ2v) is 6.44. The van der Waals surface area contributed by atoms with E-state index < -0.39 is 5.92 Å². The van der Waals surface area contributed by atoms with Crippen molar-refractivity contribution in [3.63, 3.8) is 0 Å². The molecule has 1 aliphatic heterocycles. The van der Waals surface area contributed by atoms with E-state index in [4.69, 9.17) is 0 Å². The van der Waals surface area contributed by atoms with Gasteiger partial charge in [-0.3, -0.25) is 9.48 Å². The number of aryl methyl sites for hydroxylation is 3. The molecule has 0 bridgehead atoms. The Morgan fingerprint density at radius 1 is 1.28 bits per heavy atom. The Kier molecular flexibility index (Phi) is 4.79. The number of aromatic nitrogens is 5. The molecule has 0 spiro atoms. The molecule has 7 nitrogen and oxygen atoms in total. The second kappa shape index (κ2) is 7.01. The van der Waals surface area contributed by atoms with E-state index in [1.807, 2.05) is 25.5 Å². The molecule has 1 aliphatic rings. The van der Waals surface area contributed by atoms with Crippen LogP contribution in [0.5, 0.6) is 0 Å². The van der Waals surface area contributed by atoms with Crippen LogP contribution in [-0.4, -0.2) is 30.3 Å². The Bertz CT molecular complexity index is 867. The first-order valence-corrected chi connectivity index (χ1v) is 8.56. The fourth-order valence-electron chi connectivity index (χ4n) is 3.26. The Morgan fingerprint density at radius 2 is 2.08 bits per heavy atom. The number of hydrogen-bond acceptors (Lipinski definition) is 5. The third-order valence-corrected chi connectivity index (χ3v) is 4.79. The van der Waals surface area contributed by atoms with Crippen LogP contribution in [0.2, 0.25) is 0 Å². The first-order valence-electron chi connectivity index (χ1n) is 8.56. The normalized spacial score (nSPS) is 15.6. The number of rotatable bonds is 4. The Hall–Kier alpha value is -2.75. The van der Waals surface area contributed by atoms with Gasteiger partial charge in [0.05, 0.1) is 11.8 Å².